The lowest BCUT2D eigenvalue weighted by Crippen LogP contribution is -2.45. The standard InChI is InChI=1S/C12H18N4O4/c17-11(18)8-2-1-3-9(6-8)15-12(19)13-5-4-10-14-7-20-16-10/h7-9H,1-6H2,(H,17,18)(H2,13,15,19). The molecule has 0 spiro atoms. The largest absolute Gasteiger partial charge is 0.481 e. The Morgan fingerprint density at radius 3 is 3.00 bits per heavy atom. The number of carboxylic acid groups (broad SMARTS) is 1. The minimum absolute atomic E-state index is 0.0741. The van der Waals surface area contributed by atoms with Crippen molar-refractivity contribution in [2.45, 2.75) is 38.1 Å². The molecule has 20 heavy (non-hydrogen) atoms. The van der Waals surface area contributed by atoms with Gasteiger partial charge in [0.15, 0.2) is 5.82 Å². The Hall–Kier alpha value is -2.12. The first-order chi connectivity index (χ1) is 9.65. The van der Waals surface area contributed by atoms with Gasteiger partial charge in [0, 0.05) is 19.0 Å². The number of carbonyl (C=O) groups is 2. The van der Waals surface area contributed by atoms with Gasteiger partial charge in [-0.1, -0.05) is 11.6 Å². The van der Waals surface area contributed by atoms with E-state index < -0.39 is 5.97 Å². The minimum Gasteiger partial charge on any atom is -0.481 e. The van der Waals surface area contributed by atoms with E-state index in [2.05, 4.69) is 25.3 Å². The summed E-state index contributed by atoms with van der Waals surface area (Å²) in [5, 5.41) is 18.1. The molecule has 0 radical (unpaired) electrons. The summed E-state index contributed by atoms with van der Waals surface area (Å²) in [7, 11) is 0. The Morgan fingerprint density at radius 2 is 2.30 bits per heavy atom. The van der Waals surface area contributed by atoms with Crippen LogP contribution in [-0.4, -0.2) is 39.8 Å². The lowest BCUT2D eigenvalue weighted by Gasteiger charge is -2.27. The second-order valence-electron chi connectivity index (χ2n) is 4.90. The van der Waals surface area contributed by atoms with Crippen molar-refractivity contribution in [1.82, 2.24) is 20.8 Å². The molecule has 0 aliphatic heterocycles. The molecule has 1 aromatic heterocycles. The van der Waals surface area contributed by atoms with Crippen molar-refractivity contribution in [1.29, 1.82) is 0 Å². The Bertz CT molecular complexity index is 448. The van der Waals surface area contributed by atoms with E-state index in [1.807, 2.05) is 0 Å². The van der Waals surface area contributed by atoms with Gasteiger partial charge in [0.25, 0.3) is 0 Å². The number of hydrogen-bond acceptors (Lipinski definition) is 5. The number of carboxylic acids is 1. The van der Waals surface area contributed by atoms with Crippen molar-refractivity contribution < 1.29 is 19.2 Å². The summed E-state index contributed by atoms with van der Waals surface area (Å²) in [6, 6.07) is -0.362. The van der Waals surface area contributed by atoms with Crippen molar-refractivity contribution in [3.05, 3.63) is 12.2 Å². The van der Waals surface area contributed by atoms with Crippen LogP contribution >= 0.6 is 0 Å². The molecule has 0 aromatic carbocycles. The van der Waals surface area contributed by atoms with Crippen LogP contribution in [0.2, 0.25) is 0 Å². The molecule has 8 heteroatoms. The Balaban J connectivity index is 1.67. The number of urea groups is 1. The molecule has 2 amide bonds. The lowest BCUT2D eigenvalue weighted by atomic mass is 9.86. The topological polar surface area (TPSA) is 117 Å². The van der Waals surface area contributed by atoms with Gasteiger partial charge in [0.1, 0.15) is 0 Å². The zero-order valence-corrected chi connectivity index (χ0v) is 11.0. The SMILES string of the molecule is O=C(NCCc1ncon1)NC1CCCC(C(=O)O)C1. The van der Waals surface area contributed by atoms with Crippen molar-refractivity contribution in [3.8, 4) is 0 Å². The number of nitrogens with one attached hydrogen (secondary N) is 2. The molecule has 2 rings (SSSR count). The first-order valence-electron chi connectivity index (χ1n) is 6.67. The molecule has 8 nitrogen and oxygen atoms in total. The maximum absolute atomic E-state index is 11.7. The highest BCUT2D eigenvalue weighted by molar-refractivity contribution is 5.74. The molecule has 0 bridgehead atoms. The van der Waals surface area contributed by atoms with Crippen molar-refractivity contribution in [2.24, 2.45) is 5.92 Å². The fraction of sp³-hybridized carbons (Fsp3) is 0.667. The van der Waals surface area contributed by atoms with Gasteiger partial charge in [-0.15, -0.1) is 0 Å². The summed E-state index contributed by atoms with van der Waals surface area (Å²) in [5.41, 5.74) is 0. The van der Waals surface area contributed by atoms with Gasteiger partial charge in [-0.05, 0) is 19.3 Å². The van der Waals surface area contributed by atoms with Crippen LogP contribution in [0.5, 0.6) is 0 Å². The summed E-state index contributed by atoms with van der Waals surface area (Å²) in [6.45, 7) is 0.403. The van der Waals surface area contributed by atoms with E-state index in [0.717, 1.165) is 12.8 Å². The minimum atomic E-state index is -0.783. The zero-order chi connectivity index (χ0) is 14.4. The zero-order valence-electron chi connectivity index (χ0n) is 11.0. The summed E-state index contributed by atoms with van der Waals surface area (Å²) < 4.78 is 4.58. The number of hydrogen-bond donors (Lipinski definition) is 3. The third-order valence-corrected chi connectivity index (χ3v) is 3.40. The highest BCUT2D eigenvalue weighted by atomic mass is 16.5. The van der Waals surface area contributed by atoms with Crippen molar-refractivity contribution in [2.75, 3.05) is 6.54 Å². The van der Waals surface area contributed by atoms with Crippen LogP contribution in [0.1, 0.15) is 31.5 Å². The average Bonchev–Trinajstić information content (AvgIpc) is 2.92. The lowest BCUT2D eigenvalue weighted by molar-refractivity contribution is -0.143. The maximum atomic E-state index is 11.7. The highest BCUT2D eigenvalue weighted by Crippen LogP contribution is 2.24. The predicted molar refractivity (Wildman–Crippen MR) is 67.9 cm³/mol. The monoisotopic (exact) mass is 282 g/mol. The van der Waals surface area contributed by atoms with Crippen LogP contribution in [-0.2, 0) is 11.2 Å². The number of nitrogens with zero attached hydrogens (tertiary/aromatic N) is 2. The van der Waals surface area contributed by atoms with Gasteiger partial charge in [0.05, 0.1) is 5.92 Å². The van der Waals surface area contributed by atoms with E-state index in [4.69, 9.17) is 5.11 Å². The molecule has 2 unspecified atom stereocenters. The molecule has 2 atom stereocenters. The molecule has 0 saturated heterocycles. The maximum Gasteiger partial charge on any atom is 0.315 e. The second kappa shape index (κ2) is 6.88. The first kappa shape index (κ1) is 14.3. The molecule has 1 saturated carbocycles. The average molecular weight is 282 g/mol. The molecule has 1 fully saturated rings. The first-order valence-corrected chi connectivity index (χ1v) is 6.67. The van der Waals surface area contributed by atoms with E-state index in [-0.39, 0.29) is 18.0 Å². The quantitative estimate of drug-likeness (QED) is 0.726. The molecule has 1 aromatic rings. The Morgan fingerprint density at radius 1 is 1.45 bits per heavy atom. The van der Waals surface area contributed by atoms with E-state index in [1.54, 1.807) is 0 Å². The van der Waals surface area contributed by atoms with E-state index in [9.17, 15) is 9.59 Å². The molecule has 1 aliphatic carbocycles. The third-order valence-electron chi connectivity index (χ3n) is 3.40. The van der Waals surface area contributed by atoms with Crippen molar-refractivity contribution >= 4 is 12.0 Å². The summed E-state index contributed by atoms with van der Waals surface area (Å²) >= 11 is 0. The van der Waals surface area contributed by atoms with E-state index in [1.165, 1.54) is 6.39 Å². The van der Waals surface area contributed by atoms with Gasteiger partial charge in [-0.3, -0.25) is 4.79 Å². The van der Waals surface area contributed by atoms with E-state index >= 15 is 0 Å². The second-order valence-corrected chi connectivity index (χ2v) is 4.90. The van der Waals surface area contributed by atoms with Gasteiger partial charge in [0.2, 0.25) is 6.39 Å². The molecule has 1 heterocycles. The van der Waals surface area contributed by atoms with Crippen LogP contribution in [0.15, 0.2) is 10.9 Å². The number of rotatable bonds is 5. The van der Waals surface area contributed by atoms with E-state index in [0.29, 0.717) is 31.6 Å². The van der Waals surface area contributed by atoms with Gasteiger partial charge >= 0.3 is 12.0 Å². The fourth-order valence-corrected chi connectivity index (χ4v) is 2.37. The van der Waals surface area contributed by atoms with Crippen molar-refractivity contribution in [3.63, 3.8) is 0 Å². The van der Waals surface area contributed by atoms with Crippen LogP contribution in [0.4, 0.5) is 4.79 Å². The summed E-state index contributed by atoms with van der Waals surface area (Å²) in [5.74, 6) is -0.601. The number of aliphatic carboxylic acids is 1. The predicted octanol–water partition coefficient (Wildman–Crippen LogP) is 0.555. The Labute approximate surface area is 115 Å². The highest BCUT2D eigenvalue weighted by Gasteiger charge is 2.27. The smallest absolute Gasteiger partial charge is 0.315 e. The molecule has 110 valence electrons. The fourth-order valence-electron chi connectivity index (χ4n) is 2.37. The number of amides is 2. The molecular weight excluding hydrogens is 264 g/mol. The normalized spacial score (nSPS) is 22.2. The van der Waals surface area contributed by atoms with Crippen LogP contribution in [0, 0.1) is 5.92 Å². The third kappa shape index (κ3) is 4.22. The van der Waals surface area contributed by atoms with Gasteiger partial charge in [-0.2, -0.15) is 4.98 Å². The van der Waals surface area contributed by atoms with Gasteiger partial charge < -0.3 is 20.3 Å². The summed E-state index contributed by atoms with van der Waals surface area (Å²) in [4.78, 5) is 26.5. The number of aromatic nitrogens is 2. The molecular formula is C12H18N4O4. The molecule has 3 N–H and O–H groups in total. The Kier molecular flexibility index (Phi) is 4.91. The van der Waals surface area contributed by atoms with Crippen LogP contribution < -0.4 is 10.6 Å². The van der Waals surface area contributed by atoms with Crippen LogP contribution in [0.3, 0.4) is 0 Å². The van der Waals surface area contributed by atoms with Crippen LogP contribution in [0.25, 0.3) is 0 Å². The molecule has 1 aliphatic rings. The number of carbonyl (C=O) groups excluding carboxylic acids is 1. The van der Waals surface area contributed by atoms with Gasteiger partial charge in [-0.25, -0.2) is 4.79 Å². The summed E-state index contributed by atoms with van der Waals surface area (Å²) in [6.07, 6.45) is 4.56.